The van der Waals surface area contributed by atoms with Gasteiger partial charge in [0.15, 0.2) is 0 Å². The molecular formula is C7H17ClN2O. The Labute approximate surface area is 74.1 Å². The van der Waals surface area contributed by atoms with Crippen LogP contribution in [0.3, 0.4) is 0 Å². The van der Waals surface area contributed by atoms with Gasteiger partial charge in [0.25, 0.3) is 0 Å². The minimum absolute atomic E-state index is 0. The molecular weight excluding hydrogens is 164 g/mol. The highest BCUT2D eigenvalue weighted by atomic mass is 35.5. The monoisotopic (exact) mass is 180 g/mol. The number of nitrogens with two attached hydrogens (primary N) is 1. The molecule has 3 N–H and O–H groups in total. The Morgan fingerprint density at radius 3 is 2.00 bits per heavy atom. The molecule has 68 valence electrons. The maximum absolute atomic E-state index is 11.0. The largest absolute Gasteiger partial charge is 0.358 e. The van der Waals surface area contributed by atoms with Crippen molar-refractivity contribution in [3.63, 3.8) is 0 Å². The first-order valence-electron chi connectivity index (χ1n) is 3.44. The van der Waals surface area contributed by atoms with Gasteiger partial charge in [0, 0.05) is 7.05 Å². The predicted molar refractivity (Wildman–Crippen MR) is 48.7 cm³/mol. The van der Waals surface area contributed by atoms with Gasteiger partial charge in [0.2, 0.25) is 5.91 Å². The highest BCUT2D eigenvalue weighted by molar-refractivity contribution is 5.85. The summed E-state index contributed by atoms with van der Waals surface area (Å²) in [5, 5.41) is 2.52. The summed E-state index contributed by atoms with van der Waals surface area (Å²) in [5.41, 5.74) is 4.96. The fourth-order valence-corrected chi connectivity index (χ4v) is 0.532. The van der Waals surface area contributed by atoms with Crippen LogP contribution in [0.4, 0.5) is 0 Å². The molecule has 0 saturated carbocycles. The first kappa shape index (κ1) is 13.3. The van der Waals surface area contributed by atoms with E-state index in [1.54, 1.807) is 14.0 Å². The molecule has 0 aromatic rings. The van der Waals surface area contributed by atoms with Crippen LogP contribution in [0.15, 0.2) is 0 Å². The lowest BCUT2D eigenvalue weighted by molar-refractivity contribution is -0.126. The van der Waals surface area contributed by atoms with Crippen molar-refractivity contribution in [2.45, 2.75) is 26.3 Å². The Balaban J connectivity index is 0. The molecule has 0 heterocycles. The van der Waals surface area contributed by atoms with Crippen LogP contribution in [0.5, 0.6) is 0 Å². The third kappa shape index (κ3) is 3.08. The van der Waals surface area contributed by atoms with Crippen LogP contribution in [0.1, 0.15) is 20.8 Å². The molecule has 1 unspecified atom stereocenters. The van der Waals surface area contributed by atoms with E-state index in [1.807, 2.05) is 13.8 Å². The average molecular weight is 181 g/mol. The van der Waals surface area contributed by atoms with E-state index in [9.17, 15) is 4.79 Å². The van der Waals surface area contributed by atoms with Gasteiger partial charge in [-0.25, -0.2) is 0 Å². The molecule has 0 aliphatic carbocycles. The summed E-state index contributed by atoms with van der Waals surface area (Å²) in [6.07, 6.45) is 0. The van der Waals surface area contributed by atoms with E-state index in [1.165, 1.54) is 0 Å². The summed E-state index contributed by atoms with van der Waals surface area (Å²) >= 11 is 0. The van der Waals surface area contributed by atoms with Gasteiger partial charge in [0.1, 0.15) is 0 Å². The average Bonchev–Trinajstić information content (AvgIpc) is 1.86. The summed E-state index contributed by atoms with van der Waals surface area (Å²) in [4.78, 5) is 11.0. The summed E-state index contributed by atoms with van der Waals surface area (Å²) in [7, 11) is 1.59. The van der Waals surface area contributed by atoms with Crippen LogP contribution in [-0.4, -0.2) is 18.5 Å². The van der Waals surface area contributed by atoms with Crippen LogP contribution in [-0.2, 0) is 4.79 Å². The van der Waals surface area contributed by atoms with Gasteiger partial charge in [-0.05, 0) is 12.8 Å². The lowest BCUT2D eigenvalue weighted by atomic mass is 9.89. The van der Waals surface area contributed by atoms with E-state index in [4.69, 9.17) is 5.73 Å². The molecule has 4 heteroatoms. The summed E-state index contributed by atoms with van der Waals surface area (Å²) < 4.78 is 0. The van der Waals surface area contributed by atoms with Crippen molar-refractivity contribution in [3.8, 4) is 0 Å². The van der Waals surface area contributed by atoms with Gasteiger partial charge in [-0.15, -0.1) is 12.4 Å². The molecule has 11 heavy (non-hydrogen) atoms. The standard InChI is InChI=1S/C7H16N2O.ClH/c1-5(2)7(3,8)6(10)9-4;/h5H,8H2,1-4H3,(H,9,10);1H. The Bertz CT molecular complexity index is 134. The number of halogens is 1. The maximum Gasteiger partial charge on any atom is 0.239 e. The minimum atomic E-state index is -0.741. The van der Waals surface area contributed by atoms with Crippen molar-refractivity contribution in [1.29, 1.82) is 0 Å². The van der Waals surface area contributed by atoms with E-state index in [0.29, 0.717) is 0 Å². The second-order valence-corrected chi connectivity index (χ2v) is 3.02. The van der Waals surface area contributed by atoms with Crippen LogP contribution in [0.25, 0.3) is 0 Å². The number of hydrogen-bond acceptors (Lipinski definition) is 2. The molecule has 0 rings (SSSR count). The summed E-state index contributed by atoms with van der Waals surface area (Å²) in [5.74, 6) is 0.0509. The second kappa shape index (κ2) is 4.57. The Morgan fingerprint density at radius 2 is 1.91 bits per heavy atom. The summed E-state index contributed by atoms with van der Waals surface area (Å²) in [6, 6.07) is 0. The van der Waals surface area contributed by atoms with Gasteiger partial charge in [-0.1, -0.05) is 13.8 Å². The lowest BCUT2D eigenvalue weighted by Gasteiger charge is -2.26. The van der Waals surface area contributed by atoms with Crippen LogP contribution >= 0.6 is 12.4 Å². The molecule has 1 atom stereocenters. The fourth-order valence-electron chi connectivity index (χ4n) is 0.532. The maximum atomic E-state index is 11.0. The molecule has 1 amide bonds. The van der Waals surface area contributed by atoms with E-state index in [-0.39, 0.29) is 24.2 Å². The van der Waals surface area contributed by atoms with Crippen molar-refractivity contribution in [1.82, 2.24) is 5.32 Å². The van der Waals surface area contributed by atoms with Gasteiger partial charge >= 0.3 is 0 Å². The molecule has 0 radical (unpaired) electrons. The van der Waals surface area contributed by atoms with E-state index >= 15 is 0 Å². The van der Waals surface area contributed by atoms with Gasteiger partial charge in [-0.2, -0.15) is 0 Å². The number of hydrogen-bond donors (Lipinski definition) is 2. The van der Waals surface area contributed by atoms with Crippen molar-refractivity contribution < 1.29 is 4.79 Å². The highest BCUT2D eigenvalue weighted by Crippen LogP contribution is 2.11. The zero-order chi connectivity index (χ0) is 8.36. The number of carbonyl (C=O) groups excluding carboxylic acids is 1. The number of nitrogens with one attached hydrogen (secondary N) is 1. The first-order valence-corrected chi connectivity index (χ1v) is 3.44. The topological polar surface area (TPSA) is 55.1 Å². The minimum Gasteiger partial charge on any atom is -0.358 e. The molecule has 0 aliphatic rings. The molecule has 0 saturated heterocycles. The van der Waals surface area contributed by atoms with E-state index in [2.05, 4.69) is 5.32 Å². The van der Waals surface area contributed by atoms with Crippen molar-refractivity contribution in [3.05, 3.63) is 0 Å². The molecule has 3 nitrogen and oxygen atoms in total. The van der Waals surface area contributed by atoms with Crippen molar-refractivity contribution >= 4 is 18.3 Å². The third-order valence-electron chi connectivity index (χ3n) is 1.92. The summed E-state index contributed by atoms with van der Waals surface area (Å²) in [6.45, 7) is 5.58. The first-order chi connectivity index (χ1) is 4.42. The number of rotatable bonds is 2. The molecule has 0 spiro atoms. The molecule has 0 aromatic heterocycles. The van der Waals surface area contributed by atoms with Gasteiger partial charge < -0.3 is 11.1 Å². The fraction of sp³-hybridized carbons (Fsp3) is 0.857. The normalized spacial score (nSPS) is 15.1. The van der Waals surface area contributed by atoms with Crippen molar-refractivity contribution in [2.24, 2.45) is 11.7 Å². The quantitative estimate of drug-likeness (QED) is 0.652. The van der Waals surface area contributed by atoms with Crippen molar-refractivity contribution in [2.75, 3.05) is 7.05 Å². The van der Waals surface area contributed by atoms with Gasteiger partial charge in [0.05, 0.1) is 5.54 Å². The van der Waals surface area contributed by atoms with E-state index in [0.717, 1.165) is 0 Å². The smallest absolute Gasteiger partial charge is 0.239 e. The number of likely N-dealkylation sites (N-methyl/N-ethyl adjacent to an activating group) is 1. The van der Waals surface area contributed by atoms with Crippen LogP contribution in [0, 0.1) is 5.92 Å². The second-order valence-electron chi connectivity index (χ2n) is 3.02. The number of carbonyl (C=O) groups is 1. The van der Waals surface area contributed by atoms with Gasteiger partial charge in [-0.3, -0.25) is 4.79 Å². The predicted octanol–water partition coefficient (Wildman–Crippen LogP) is 0.528. The Morgan fingerprint density at radius 1 is 1.55 bits per heavy atom. The molecule has 0 bridgehead atoms. The molecule has 0 fully saturated rings. The molecule has 0 aliphatic heterocycles. The molecule has 0 aromatic carbocycles. The van der Waals surface area contributed by atoms with E-state index < -0.39 is 5.54 Å². The van der Waals surface area contributed by atoms with Crippen LogP contribution in [0.2, 0.25) is 0 Å². The van der Waals surface area contributed by atoms with Crippen LogP contribution < -0.4 is 11.1 Å². The zero-order valence-electron chi connectivity index (χ0n) is 7.47. The highest BCUT2D eigenvalue weighted by Gasteiger charge is 2.30. The number of amides is 1. The zero-order valence-corrected chi connectivity index (χ0v) is 8.29. The third-order valence-corrected chi connectivity index (χ3v) is 1.92. The Kier molecular flexibility index (Phi) is 5.53. The SMILES string of the molecule is CNC(=O)C(C)(N)C(C)C.Cl. The lowest BCUT2D eigenvalue weighted by Crippen LogP contribution is -2.54. The Hall–Kier alpha value is -0.280.